The van der Waals surface area contributed by atoms with E-state index in [1.165, 1.54) is 5.57 Å². The van der Waals surface area contributed by atoms with E-state index in [9.17, 15) is 9.59 Å². The second-order valence-corrected chi connectivity index (χ2v) is 7.93. The van der Waals surface area contributed by atoms with Gasteiger partial charge in [-0.15, -0.1) is 11.6 Å². The maximum absolute atomic E-state index is 12.0. The van der Waals surface area contributed by atoms with E-state index >= 15 is 0 Å². The van der Waals surface area contributed by atoms with Gasteiger partial charge in [-0.1, -0.05) is 11.6 Å². The third kappa shape index (κ3) is 3.63. The van der Waals surface area contributed by atoms with Crippen molar-refractivity contribution in [1.82, 2.24) is 5.32 Å². The van der Waals surface area contributed by atoms with E-state index in [-0.39, 0.29) is 29.6 Å². The number of alkyl halides is 1. The monoisotopic (exact) mass is 387 g/mol. The number of rotatable bonds is 5. The summed E-state index contributed by atoms with van der Waals surface area (Å²) in [6.45, 7) is 6.77. The fraction of sp³-hybridized carbons (Fsp3) is 0.778. The zero-order valence-corrected chi connectivity index (χ0v) is 16.3. The largest absolute Gasteiger partial charge is 0.443 e. The number of carbonyl (C=O) groups excluding carboxylic acids is 2. The number of imide groups is 1. The van der Waals surface area contributed by atoms with Crippen LogP contribution in [0.1, 0.15) is 33.6 Å². The van der Waals surface area contributed by atoms with E-state index in [4.69, 9.17) is 30.5 Å². The van der Waals surface area contributed by atoms with Gasteiger partial charge in [-0.05, 0) is 33.6 Å². The molecule has 2 heterocycles. The molecule has 26 heavy (non-hydrogen) atoms. The lowest BCUT2D eigenvalue weighted by atomic mass is 9.68. The van der Waals surface area contributed by atoms with Crippen LogP contribution < -0.4 is 5.32 Å². The van der Waals surface area contributed by atoms with Crippen LogP contribution in [0.2, 0.25) is 0 Å². The third-order valence-corrected chi connectivity index (χ3v) is 5.76. The van der Waals surface area contributed by atoms with E-state index < -0.39 is 23.7 Å². The van der Waals surface area contributed by atoms with Crippen LogP contribution in [0.15, 0.2) is 11.6 Å². The molecule has 2 aliphatic heterocycles. The minimum Gasteiger partial charge on any atom is -0.443 e. The van der Waals surface area contributed by atoms with E-state index in [0.717, 1.165) is 6.42 Å². The lowest BCUT2D eigenvalue weighted by molar-refractivity contribution is -0.124. The van der Waals surface area contributed by atoms with Crippen LogP contribution in [-0.2, 0) is 23.7 Å². The summed E-state index contributed by atoms with van der Waals surface area (Å²) in [6.07, 6.45) is 1.75. The van der Waals surface area contributed by atoms with Crippen molar-refractivity contribution in [3.63, 3.8) is 0 Å². The fourth-order valence-corrected chi connectivity index (χ4v) is 4.27. The number of allylic oxidation sites excluding steroid dienone is 1. The van der Waals surface area contributed by atoms with Crippen LogP contribution in [0.4, 0.5) is 4.79 Å². The number of hydrogen-bond donors (Lipinski definition) is 1. The number of nitrogens with one attached hydrogen (secondary N) is 1. The smallest absolute Gasteiger partial charge is 0.414 e. The lowest BCUT2D eigenvalue weighted by Gasteiger charge is -2.42. The fourth-order valence-electron chi connectivity index (χ4n) is 4.21. The summed E-state index contributed by atoms with van der Waals surface area (Å²) in [5.74, 6) is -0.972. The molecule has 3 aliphatic rings. The summed E-state index contributed by atoms with van der Waals surface area (Å²) >= 11 is 5.41. The van der Waals surface area contributed by atoms with Gasteiger partial charge in [0.25, 0.3) is 0 Å². The molecule has 1 saturated carbocycles. The Morgan fingerprint density at radius 2 is 2.08 bits per heavy atom. The van der Waals surface area contributed by atoms with Gasteiger partial charge in [-0.25, -0.2) is 4.79 Å². The first-order valence-electron chi connectivity index (χ1n) is 8.82. The van der Waals surface area contributed by atoms with Crippen LogP contribution in [0, 0.1) is 5.92 Å². The number of methoxy groups -OCH3 is 1. The molecule has 0 radical (unpaired) electrons. The van der Waals surface area contributed by atoms with Crippen LogP contribution in [0.5, 0.6) is 0 Å². The molecule has 0 aromatic carbocycles. The zero-order valence-electron chi connectivity index (χ0n) is 15.5. The van der Waals surface area contributed by atoms with Crippen molar-refractivity contribution in [2.24, 2.45) is 5.92 Å². The molecule has 146 valence electrons. The molecule has 2 amide bonds. The molecular weight excluding hydrogens is 362 g/mol. The zero-order chi connectivity index (χ0) is 19.1. The molecule has 8 heteroatoms. The highest BCUT2D eigenvalue weighted by atomic mass is 35.5. The van der Waals surface area contributed by atoms with E-state index in [1.807, 2.05) is 13.8 Å². The summed E-state index contributed by atoms with van der Waals surface area (Å²) in [5.41, 5.74) is 0.460. The molecule has 3 rings (SSSR count). The average Bonchev–Trinajstić information content (AvgIpc) is 3.47. The predicted octanol–water partition coefficient (Wildman–Crippen LogP) is 2.16. The van der Waals surface area contributed by atoms with Crippen LogP contribution in [0.3, 0.4) is 0 Å². The normalized spacial score (nSPS) is 40.7. The number of alkyl carbamates (subject to hydrolysis) is 1. The van der Waals surface area contributed by atoms with Crippen LogP contribution in [0.25, 0.3) is 0 Å². The summed E-state index contributed by atoms with van der Waals surface area (Å²) in [5, 5.41) is 2.10. The Labute approximate surface area is 158 Å². The molecule has 2 saturated heterocycles. The molecule has 7 nitrogen and oxygen atoms in total. The van der Waals surface area contributed by atoms with E-state index in [2.05, 4.69) is 18.3 Å². The second-order valence-electron chi connectivity index (χ2n) is 7.66. The molecule has 1 N–H and O–H groups in total. The minimum absolute atomic E-state index is 0.0124. The Morgan fingerprint density at radius 3 is 2.62 bits per heavy atom. The third-order valence-electron chi connectivity index (χ3n) is 5.51. The van der Waals surface area contributed by atoms with Crippen molar-refractivity contribution >= 4 is 23.6 Å². The Kier molecular flexibility index (Phi) is 5.36. The number of hydrogen-bond acceptors (Lipinski definition) is 6. The lowest BCUT2D eigenvalue weighted by Crippen LogP contribution is -2.56. The van der Waals surface area contributed by atoms with Crippen molar-refractivity contribution in [2.75, 3.05) is 19.6 Å². The molecule has 0 bridgehead atoms. The number of epoxide rings is 2. The molecule has 0 aromatic rings. The van der Waals surface area contributed by atoms with Crippen molar-refractivity contribution in [2.45, 2.75) is 63.1 Å². The Bertz CT molecular complexity index is 615. The van der Waals surface area contributed by atoms with E-state index in [0.29, 0.717) is 13.0 Å². The predicted molar refractivity (Wildman–Crippen MR) is 94.0 cm³/mol. The maximum atomic E-state index is 12.0. The topological polar surface area (TPSA) is 89.7 Å². The van der Waals surface area contributed by atoms with Gasteiger partial charge in [0, 0.05) is 7.11 Å². The van der Waals surface area contributed by atoms with Gasteiger partial charge in [0.2, 0.25) is 5.91 Å². The maximum Gasteiger partial charge on any atom is 0.414 e. The highest BCUT2D eigenvalue weighted by Crippen LogP contribution is 2.59. The number of halogens is 1. The van der Waals surface area contributed by atoms with E-state index in [1.54, 1.807) is 7.11 Å². The number of carbonyl (C=O) groups is 2. The molecule has 1 aliphatic carbocycles. The minimum atomic E-state index is -0.808. The van der Waals surface area contributed by atoms with Crippen molar-refractivity contribution in [3.05, 3.63) is 11.6 Å². The molecular formula is C18H26ClNO6. The number of amides is 2. The molecule has 1 spiro atoms. The molecule has 6 atom stereocenters. The highest BCUT2D eigenvalue weighted by molar-refractivity contribution is 6.28. The van der Waals surface area contributed by atoms with Gasteiger partial charge in [-0.2, -0.15) is 0 Å². The van der Waals surface area contributed by atoms with Gasteiger partial charge < -0.3 is 18.9 Å². The Balaban J connectivity index is 1.76. The van der Waals surface area contributed by atoms with Gasteiger partial charge >= 0.3 is 6.09 Å². The van der Waals surface area contributed by atoms with Gasteiger partial charge in [0.15, 0.2) is 0 Å². The summed E-state index contributed by atoms with van der Waals surface area (Å²) in [6, 6.07) is 0. The van der Waals surface area contributed by atoms with Gasteiger partial charge in [-0.3, -0.25) is 10.1 Å². The first-order valence-corrected chi connectivity index (χ1v) is 9.35. The Morgan fingerprint density at radius 1 is 1.38 bits per heavy atom. The summed E-state index contributed by atoms with van der Waals surface area (Å²) in [7, 11) is 1.60. The summed E-state index contributed by atoms with van der Waals surface area (Å²) < 4.78 is 23.1. The Hall–Kier alpha value is -1.15. The number of ether oxygens (including phenoxy) is 4. The van der Waals surface area contributed by atoms with Gasteiger partial charge in [0.05, 0.1) is 12.5 Å². The van der Waals surface area contributed by atoms with Crippen LogP contribution >= 0.6 is 11.6 Å². The molecule has 0 aromatic heterocycles. The quantitative estimate of drug-likeness (QED) is 0.441. The van der Waals surface area contributed by atoms with Crippen molar-refractivity contribution in [3.8, 4) is 0 Å². The SMILES string of the molecule is CO[C@@H]1C(OC(=O)NC(=O)CCl)CC[C@]2(CO2)[C@H]1C1(C)OC1C=C(C)C. The van der Waals surface area contributed by atoms with Gasteiger partial charge in [0.1, 0.15) is 35.4 Å². The average molecular weight is 388 g/mol. The van der Waals surface area contributed by atoms with Crippen molar-refractivity contribution in [1.29, 1.82) is 0 Å². The highest BCUT2D eigenvalue weighted by Gasteiger charge is 2.72. The first kappa shape index (κ1) is 19.6. The molecule has 3 fully saturated rings. The molecule has 3 unspecified atom stereocenters. The van der Waals surface area contributed by atoms with Crippen molar-refractivity contribution < 1.29 is 28.5 Å². The first-order chi connectivity index (χ1) is 12.3. The van der Waals surface area contributed by atoms with Crippen LogP contribution in [-0.4, -0.2) is 61.1 Å². The standard InChI is InChI=1S/C18H26ClNO6/c1-10(2)7-12-17(3,26-12)15-14(23-4)11(5-6-18(15)9-24-18)25-16(22)20-13(21)8-19/h7,11-12,14-15H,5-6,8-9H2,1-4H3,(H,20,21,22)/t11?,12?,14-,15-,17?,18+/m1/s1. The summed E-state index contributed by atoms with van der Waals surface area (Å²) in [4.78, 5) is 23.2. The second kappa shape index (κ2) is 7.11.